The Morgan fingerprint density at radius 3 is 2.50 bits per heavy atom. The van der Waals surface area contributed by atoms with Gasteiger partial charge in [-0.2, -0.15) is 0 Å². The van der Waals surface area contributed by atoms with Gasteiger partial charge in [0, 0.05) is 31.7 Å². The fourth-order valence-corrected chi connectivity index (χ4v) is 3.48. The molecule has 2 aliphatic heterocycles. The number of benzene rings is 1. The van der Waals surface area contributed by atoms with Crippen LogP contribution in [0.2, 0.25) is 0 Å². The third kappa shape index (κ3) is 4.13. The molecule has 0 spiro atoms. The summed E-state index contributed by atoms with van der Waals surface area (Å²) in [5.74, 6) is -0.0514. The summed E-state index contributed by atoms with van der Waals surface area (Å²) >= 11 is 0. The number of primary amides is 1. The number of amides is 2. The molecule has 130 valence electrons. The molecule has 6 heteroatoms. The SMILES string of the molecule is NC(=O)c1ccc(CN2CCCC(C(=O)N3CCOCC3)C2)cc1. The molecule has 0 aromatic heterocycles. The molecular weight excluding hydrogens is 306 g/mol. The summed E-state index contributed by atoms with van der Waals surface area (Å²) in [6, 6.07) is 7.40. The number of likely N-dealkylation sites (tertiary alicyclic amines) is 1. The second-order valence-corrected chi connectivity index (χ2v) is 6.57. The molecule has 2 saturated heterocycles. The first-order valence-electron chi connectivity index (χ1n) is 8.61. The first-order chi connectivity index (χ1) is 11.6. The Labute approximate surface area is 142 Å². The number of piperidine rings is 1. The summed E-state index contributed by atoms with van der Waals surface area (Å²) in [6.07, 6.45) is 2.01. The summed E-state index contributed by atoms with van der Waals surface area (Å²) in [5.41, 5.74) is 6.93. The van der Waals surface area contributed by atoms with Gasteiger partial charge in [0.05, 0.1) is 19.1 Å². The average Bonchev–Trinajstić information content (AvgIpc) is 2.62. The lowest BCUT2D eigenvalue weighted by Crippen LogP contribution is -2.48. The maximum Gasteiger partial charge on any atom is 0.248 e. The highest BCUT2D eigenvalue weighted by molar-refractivity contribution is 5.92. The predicted octanol–water partition coefficient (Wildman–Crippen LogP) is 0.856. The molecule has 2 amide bonds. The fraction of sp³-hybridized carbons (Fsp3) is 0.556. The van der Waals surface area contributed by atoms with Crippen LogP contribution in [0.1, 0.15) is 28.8 Å². The molecule has 2 heterocycles. The highest BCUT2D eigenvalue weighted by Crippen LogP contribution is 2.21. The zero-order chi connectivity index (χ0) is 16.9. The Bertz CT molecular complexity index is 582. The lowest BCUT2D eigenvalue weighted by atomic mass is 9.95. The summed E-state index contributed by atoms with van der Waals surface area (Å²) in [5, 5.41) is 0. The second-order valence-electron chi connectivity index (χ2n) is 6.57. The summed E-state index contributed by atoms with van der Waals surface area (Å²) in [4.78, 5) is 28.1. The summed E-state index contributed by atoms with van der Waals surface area (Å²) in [6.45, 7) is 5.32. The Hall–Kier alpha value is -1.92. The first kappa shape index (κ1) is 16.9. The number of nitrogens with zero attached hydrogens (tertiary/aromatic N) is 2. The molecule has 1 aromatic carbocycles. The number of morpholine rings is 1. The topological polar surface area (TPSA) is 75.9 Å². The van der Waals surface area contributed by atoms with Crippen molar-refractivity contribution in [2.45, 2.75) is 19.4 Å². The van der Waals surface area contributed by atoms with Gasteiger partial charge in [0.25, 0.3) is 0 Å². The molecule has 1 aromatic rings. The van der Waals surface area contributed by atoms with Gasteiger partial charge in [-0.05, 0) is 37.1 Å². The van der Waals surface area contributed by atoms with Crippen LogP contribution < -0.4 is 5.73 Å². The molecule has 1 atom stereocenters. The van der Waals surface area contributed by atoms with Crippen LogP contribution in [-0.4, -0.2) is 61.0 Å². The average molecular weight is 331 g/mol. The van der Waals surface area contributed by atoms with Crippen LogP contribution in [0, 0.1) is 5.92 Å². The first-order valence-corrected chi connectivity index (χ1v) is 8.61. The highest BCUT2D eigenvalue weighted by atomic mass is 16.5. The molecule has 0 radical (unpaired) electrons. The molecule has 3 rings (SSSR count). The molecule has 0 bridgehead atoms. The lowest BCUT2D eigenvalue weighted by Gasteiger charge is -2.36. The van der Waals surface area contributed by atoms with Crippen LogP contribution >= 0.6 is 0 Å². The molecule has 2 N–H and O–H groups in total. The van der Waals surface area contributed by atoms with Gasteiger partial charge in [0.1, 0.15) is 0 Å². The largest absolute Gasteiger partial charge is 0.378 e. The Kier molecular flexibility index (Phi) is 5.48. The van der Waals surface area contributed by atoms with Crippen LogP contribution in [0.5, 0.6) is 0 Å². The van der Waals surface area contributed by atoms with Gasteiger partial charge in [-0.3, -0.25) is 14.5 Å². The van der Waals surface area contributed by atoms with Crippen molar-refractivity contribution in [3.63, 3.8) is 0 Å². The number of hydrogen-bond donors (Lipinski definition) is 1. The maximum atomic E-state index is 12.7. The van der Waals surface area contributed by atoms with Gasteiger partial charge >= 0.3 is 0 Å². The van der Waals surface area contributed by atoms with Gasteiger partial charge in [0.15, 0.2) is 0 Å². The molecule has 2 aliphatic rings. The van der Waals surface area contributed by atoms with Gasteiger partial charge in [-0.15, -0.1) is 0 Å². The summed E-state index contributed by atoms with van der Waals surface area (Å²) < 4.78 is 5.33. The van der Waals surface area contributed by atoms with Crippen molar-refractivity contribution in [1.29, 1.82) is 0 Å². The van der Waals surface area contributed by atoms with Gasteiger partial charge in [-0.25, -0.2) is 0 Å². The number of ether oxygens (including phenoxy) is 1. The molecule has 2 fully saturated rings. The number of carbonyl (C=O) groups excluding carboxylic acids is 2. The van der Waals surface area contributed by atoms with E-state index < -0.39 is 5.91 Å². The van der Waals surface area contributed by atoms with E-state index in [9.17, 15) is 9.59 Å². The fourth-order valence-electron chi connectivity index (χ4n) is 3.48. The quantitative estimate of drug-likeness (QED) is 0.888. The van der Waals surface area contributed by atoms with Crippen molar-refractivity contribution in [3.05, 3.63) is 35.4 Å². The maximum absolute atomic E-state index is 12.7. The second kappa shape index (κ2) is 7.77. The van der Waals surface area contributed by atoms with E-state index in [2.05, 4.69) is 4.90 Å². The summed E-state index contributed by atoms with van der Waals surface area (Å²) in [7, 11) is 0. The normalized spacial score (nSPS) is 22.3. The Balaban J connectivity index is 1.56. The van der Waals surface area contributed by atoms with Gasteiger partial charge in [0.2, 0.25) is 11.8 Å². The van der Waals surface area contributed by atoms with Crippen LogP contribution in [-0.2, 0) is 16.1 Å². The van der Waals surface area contributed by atoms with Crippen molar-refractivity contribution in [2.75, 3.05) is 39.4 Å². The molecule has 1 unspecified atom stereocenters. The van der Waals surface area contributed by atoms with E-state index in [1.165, 1.54) is 0 Å². The van der Waals surface area contributed by atoms with Crippen molar-refractivity contribution < 1.29 is 14.3 Å². The molecule has 24 heavy (non-hydrogen) atoms. The van der Waals surface area contributed by atoms with Crippen LogP contribution in [0.15, 0.2) is 24.3 Å². The zero-order valence-corrected chi connectivity index (χ0v) is 13.9. The Morgan fingerprint density at radius 2 is 1.83 bits per heavy atom. The van der Waals surface area contributed by atoms with Gasteiger partial charge in [-0.1, -0.05) is 12.1 Å². The number of nitrogens with two attached hydrogens (primary N) is 1. The van der Waals surface area contributed by atoms with Crippen molar-refractivity contribution >= 4 is 11.8 Å². The van der Waals surface area contributed by atoms with Crippen molar-refractivity contribution in [2.24, 2.45) is 11.7 Å². The van der Waals surface area contributed by atoms with Crippen LogP contribution in [0.3, 0.4) is 0 Å². The van der Waals surface area contributed by atoms with E-state index in [4.69, 9.17) is 10.5 Å². The minimum atomic E-state index is -0.407. The van der Waals surface area contributed by atoms with E-state index in [0.717, 1.165) is 38.0 Å². The standard InChI is InChI=1S/C18H25N3O3/c19-17(22)15-5-3-14(4-6-15)12-20-7-1-2-16(13-20)18(23)21-8-10-24-11-9-21/h3-6,16H,1-2,7-13H2,(H2,19,22). The smallest absolute Gasteiger partial charge is 0.248 e. The van der Waals surface area contributed by atoms with Crippen molar-refractivity contribution in [3.8, 4) is 0 Å². The third-order valence-electron chi connectivity index (χ3n) is 4.82. The minimum Gasteiger partial charge on any atom is -0.378 e. The molecular formula is C18H25N3O3. The van der Waals surface area contributed by atoms with Crippen LogP contribution in [0.4, 0.5) is 0 Å². The number of hydrogen-bond acceptors (Lipinski definition) is 4. The predicted molar refractivity (Wildman–Crippen MR) is 90.4 cm³/mol. The minimum absolute atomic E-state index is 0.0849. The van der Waals surface area contributed by atoms with Crippen LogP contribution in [0.25, 0.3) is 0 Å². The monoisotopic (exact) mass is 331 g/mol. The Morgan fingerprint density at radius 1 is 1.12 bits per heavy atom. The van der Waals surface area contributed by atoms with E-state index in [1.54, 1.807) is 12.1 Å². The van der Waals surface area contributed by atoms with Gasteiger partial charge < -0.3 is 15.4 Å². The molecule has 0 saturated carbocycles. The lowest BCUT2D eigenvalue weighted by molar-refractivity contribution is -0.141. The number of rotatable bonds is 4. The molecule has 0 aliphatic carbocycles. The van der Waals surface area contributed by atoms with E-state index in [1.807, 2.05) is 17.0 Å². The third-order valence-corrected chi connectivity index (χ3v) is 4.82. The highest BCUT2D eigenvalue weighted by Gasteiger charge is 2.29. The zero-order valence-electron chi connectivity index (χ0n) is 13.9. The van der Waals surface area contributed by atoms with Crippen molar-refractivity contribution in [1.82, 2.24) is 9.80 Å². The van der Waals surface area contributed by atoms with E-state index in [-0.39, 0.29) is 11.8 Å². The number of carbonyl (C=O) groups is 2. The van der Waals surface area contributed by atoms with E-state index >= 15 is 0 Å². The van der Waals surface area contributed by atoms with E-state index in [0.29, 0.717) is 31.9 Å². The molecule has 6 nitrogen and oxygen atoms in total.